The first-order valence-electron chi connectivity index (χ1n) is 17.9. The van der Waals surface area contributed by atoms with Crippen molar-refractivity contribution < 1.29 is 33.1 Å². The molecule has 5 aromatic rings. The van der Waals surface area contributed by atoms with Crippen LogP contribution in [0.4, 0.5) is 9.59 Å². The van der Waals surface area contributed by atoms with Gasteiger partial charge >= 0.3 is 12.2 Å². The average Bonchev–Trinajstić information content (AvgIpc) is 4.02. The van der Waals surface area contributed by atoms with Crippen LogP contribution in [0.15, 0.2) is 59.3 Å². The van der Waals surface area contributed by atoms with Crippen LogP contribution >= 0.6 is 0 Å². The second-order valence-electron chi connectivity index (χ2n) is 14.2. The van der Waals surface area contributed by atoms with Crippen molar-refractivity contribution in [3.05, 3.63) is 72.3 Å². The van der Waals surface area contributed by atoms with Crippen LogP contribution in [0.3, 0.4) is 0 Å². The number of likely N-dealkylation sites (tertiary alicyclic amines) is 2. The number of aromatic amines is 2. The number of ether oxygens (including phenoxy) is 2. The van der Waals surface area contributed by atoms with Crippen LogP contribution in [-0.4, -0.2) is 94.1 Å². The number of hydrogen-bond acceptors (Lipinski definition) is 9. The number of aryl methyl sites for hydroxylation is 1. The summed E-state index contributed by atoms with van der Waals surface area (Å²) in [6.45, 7) is 6.72. The van der Waals surface area contributed by atoms with Gasteiger partial charge in [0.25, 0.3) is 0 Å². The molecular formula is C39H44N8O7. The second-order valence-corrected chi connectivity index (χ2v) is 14.2. The van der Waals surface area contributed by atoms with Crippen LogP contribution in [0.25, 0.3) is 44.6 Å². The minimum absolute atomic E-state index is 0.149. The minimum Gasteiger partial charge on any atom is -0.461 e. The van der Waals surface area contributed by atoms with Crippen molar-refractivity contribution in [1.29, 1.82) is 0 Å². The number of fused-ring (bicyclic) bond motifs is 1. The SMILES string of the molecule is COC(=O)NCC(=O)N1CCCC1(C)c1ncc(-c2ccc(-c3ccc(-c4cnc(C5(C)CCCN5C(=O)CNC(=O)OC)[nH]4)c4oc(C)cc34)cc2)[nH]1. The third-order valence-corrected chi connectivity index (χ3v) is 10.8. The number of carbonyl (C=O) groups is 4. The maximum atomic E-state index is 13.1. The van der Waals surface area contributed by atoms with Crippen LogP contribution in [0.5, 0.6) is 0 Å². The Kier molecular flexibility index (Phi) is 9.64. The van der Waals surface area contributed by atoms with Crippen molar-refractivity contribution in [3.8, 4) is 33.6 Å². The van der Waals surface area contributed by atoms with Gasteiger partial charge in [-0.1, -0.05) is 30.3 Å². The molecule has 15 heteroatoms. The molecular weight excluding hydrogens is 692 g/mol. The van der Waals surface area contributed by atoms with Crippen LogP contribution < -0.4 is 10.6 Å². The first-order chi connectivity index (χ1) is 25.9. The molecule has 2 atom stereocenters. The van der Waals surface area contributed by atoms with Crippen LogP contribution in [0, 0.1) is 6.92 Å². The first-order valence-corrected chi connectivity index (χ1v) is 17.9. The number of hydrogen-bond donors (Lipinski definition) is 4. The highest BCUT2D eigenvalue weighted by Gasteiger charge is 2.44. The monoisotopic (exact) mass is 736 g/mol. The van der Waals surface area contributed by atoms with Gasteiger partial charge < -0.3 is 44.3 Å². The van der Waals surface area contributed by atoms with E-state index in [4.69, 9.17) is 14.4 Å². The topological polar surface area (TPSA) is 188 Å². The molecule has 4 amide bonds. The van der Waals surface area contributed by atoms with Crippen molar-refractivity contribution in [2.45, 2.75) is 57.5 Å². The molecule has 2 aliphatic rings. The lowest BCUT2D eigenvalue weighted by Crippen LogP contribution is -2.47. The van der Waals surface area contributed by atoms with E-state index in [9.17, 15) is 19.2 Å². The number of methoxy groups -OCH3 is 2. The molecule has 5 heterocycles. The molecule has 4 N–H and O–H groups in total. The van der Waals surface area contributed by atoms with E-state index in [0.29, 0.717) is 24.7 Å². The predicted octanol–water partition coefficient (Wildman–Crippen LogP) is 5.58. The van der Waals surface area contributed by atoms with Gasteiger partial charge in [0.2, 0.25) is 11.8 Å². The smallest absolute Gasteiger partial charge is 0.407 e. The van der Waals surface area contributed by atoms with Gasteiger partial charge in [-0.05, 0) is 75.3 Å². The summed E-state index contributed by atoms with van der Waals surface area (Å²) in [4.78, 5) is 69.1. The Morgan fingerprint density at radius 2 is 1.26 bits per heavy atom. The number of nitrogens with one attached hydrogen (secondary N) is 4. The van der Waals surface area contributed by atoms with Crippen molar-refractivity contribution >= 4 is 35.0 Å². The van der Waals surface area contributed by atoms with E-state index in [1.165, 1.54) is 14.2 Å². The maximum absolute atomic E-state index is 13.1. The Morgan fingerprint density at radius 3 is 1.81 bits per heavy atom. The number of nitrogens with zero attached hydrogens (tertiary/aromatic N) is 4. The molecule has 0 aliphatic carbocycles. The van der Waals surface area contributed by atoms with Gasteiger partial charge in [-0.25, -0.2) is 19.6 Å². The summed E-state index contributed by atoms with van der Waals surface area (Å²) in [6.07, 6.45) is 5.36. The number of furan rings is 1. The molecule has 2 aliphatic heterocycles. The molecule has 54 heavy (non-hydrogen) atoms. The molecule has 7 rings (SSSR count). The van der Waals surface area contributed by atoms with E-state index >= 15 is 0 Å². The van der Waals surface area contributed by atoms with E-state index in [2.05, 4.69) is 48.3 Å². The number of aromatic nitrogens is 4. The standard InChI is InChI=1S/C39H44N8O7/c1-23-18-28-26(12-13-27(33(28)54-23)30-20-41-35(45-30)39(3)15-7-17-47(39)32(49)22-43-37(51)53-5)24-8-10-25(11-9-24)29-19-40-34(44-29)38(2)14-6-16-46(38)31(48)21-42-36(50)52-4/h8-13,18-20H,6-7,14-17,21-22H2,1-5H3,(H,40,44)(H,41,45)(H,42,50)(H,43,51). The largest absolute Gasteiger partial charge is 0.461 e. The zero-order valence-corrected chi connectivity index (χ0v) is 31.0. The van der Waals surface area contributed by atoms with Gasteiger partial charge in [-0.2, -0.15) is 0 Å². The van der Waals surface area contributed by atoms with Crippen LogP contribution in [0.1, 0.15) is 56.9 Å². The molecule has 3 aromatic heterocycles. The van der Waals surface area contributed by atoms with E-state index in [-0.39, 0.29) is 24.9 Å². The van der Waals surface area contributed by atoms with Gasteiger partial charge in [0.15, 0.2) is 0 Å². The Hall–Kier alpha value is -6.12. The van der Waals surface area contributed by atoms with E-state index < -0.39 is 23.3 Å². The Labute approximate surface area is 311 Å². The quantitative estimate of drug-likeness (QED) is 0.150. The third-order valence-electron chi connectivity index (χ3n) is 10.8. The fourth-order valence-corrected chi connectivity index (χ4v) is 7.86. The molecule has 0 saturated carbocycles. The van der Waals surface area contributed by atoms with Crippen molar-refractivity contribution in [3.63, 3.8) is 0 Å². The van der Waals surface area contributed by atoms with Crippen molar-refractivity contribution in [2.75, 3.05) is 40.4 Å². The lowest BCUT2D eigenvalue weighted by atomic mass is 9.96. The molecule has 0 bridgehead atoms. The third kappa shape index (κ3) is 6.54. The Morgan fingerprint density at radius 1 is 0.759 bits per heavy atom. The van der Waals surface area contributed by atoms with Crippen molar-refractivity contribution in [2.24, 2.45) is 0 Å². The zero-order valence-electron chi connectivity index (χ0n) is 31.0. The summed E-state index contributed by atoms with van der Waals surface area (Å²) >= 11 is 0. The molecule has 0 radical (unpaired) electrons. The molecule has 282 valence electrons. The maximum Gasteiger partial charge on any atom is 0.407 e. The first kappa shape index (κ1) is 36.2. The lowest BCUT2D eigenvalue weighted by Gasteiger charge is -2.33. The fourth-order valence-electron chi connectivity index (χ4n) is 7.86. The summed E-state index contributed by atoms with van der Waals surface area (Å²) in [5.74, 6) is 1.72. The Balaban J connectivity index is 1.11. The number of amides is 4. The lowest BCUT2D eigenvalue weighted by molar-refractivity contribution is -0.135. The molecule has 2 fully saturated rings. The molecule has 15 nitrogen and oxygen atoms in total. The number of alkyl carbamates (subject to hydrolysis) is 2. The van der Waals surface area contributed by atoms with E-state index in [1.807, 2.05) is 45.0 Å². The summed E-state index contributed by atoms with van der Waals surface area (Å²) < 4.78 is 15.5. The highest BCUT2D eigenvalue weighted by Crippen LogP contribution is 2.41. The Bertz CT molecular complexity index is 2220. The van der Waals surface area contributed by atoms with Gasteiger partial charge in [0.05, 0.1) is 49.1 Å². The number of benzene rings is 2. The average molecular weight is 737 g/mol. The molecule has 2 saturated heterocycles. The number of carbonyl (C=O) groups excluding carboxylic acids is 4. The normalized spacial score (nSPS) is 19.6. The number of imidazole rings is 2. The summed E-state index contributed by atoms with van der Waals surface area (Å²) in [5, 5.41) is 5.92. The summed E-state index contributed by atoms with van der Waals surface area (Å²) in [6, 6.07) is 14.3. The summed E-state index contributed by atoms with van der Waals surface area (Å²) in [5.41, 5.74) is 4.82. The van der Waals surface area contributed by atoms with E-state index in [0.717, 1.165) is 76.1 Å². The van der Waals surface area contributed by atoms with Gasteiger partial charge in [-0.3, -0.25) is 9.59 Å². The summed E-state index contributed by atoms with van der Waals surface area (Å²) in [7, 11) is 2.52. The van der Waals surface area contributed by atoms with Crippen molar-refractivity contribution in [1.82, 2.24) is 40.4 Å². The van der Waals surface area contributed by atoms with Gasteiger partial charge in [0, 0.05) is 24.0 Å². The predicted molar refractivity (Wildman–Crippen MR) is 199 cm³/mol. The van der Waals surface area contributed by atoms with E-state index in [1.54, 1.807) is 22.2 Å². The molecule has 2 unspecified atom stereocenters. The minimum atomic E-state index is -0.669. The zero-order chi connectivity index (χ0) is 38.2. The number of H-pyrrole nitrogens is 2. The highest BCUT2D eigenvalue weighted by atomic mass is 16.5. The fraction of sp³-hybridized carbons (Fsp3) is 0.385. The van der Waals surface area contributed by atoms with Gasteiger partial charge in [0.1, 0.15) is 36.1 Å². The van der Waals surface area contributed by atoms with Crippen LogP contribution in [0.2, 0.25) is 0 Å². The molecule has 0 spiro atoms. The van der Waals surface area contributed by atoms with Crippen LogP contribution in [-0.2, 0) is 30.1 Å². The van der Waals surface area contributed by atoms with Gasteiger partial charge in [-0.15, -0.1) is 0 Å². The number of rotatable bonds is 9. The second kappa shape index (κ2) is 14.4. The molecule has 2 aromatic carbocycles. The highest BCUT2D eigenvalue weighted by molar-refractivity contribution is 6.02.